The van der Waals surface area contributed by atoms with Crippen molar-refractivity contribution in [3.05, 3.63) is 94.6 Å². The summed E-state index contributed by atoms with van der Waals surface area (Å²) >= 11 is 0. The van der Waals surface area contributed by atoms with E-state index in [2.05, 4.69) is 5.32 Å². The summed E-state index contributed by atoms with van der Waals surface area (Å²) in [7, 11) is 0. The zero-order valence-corrected chi connectivity index (χ0v) is 16.6. The molecule has 0 fully saturated rings. The average Bonchev–Trinajstić information content (AvgIpc) is 3.00. The van der Waals surface area contributed by atoms with Gasteiger partial charge in [0, 0.05) is 17.1 Å². The summed E-state index contributed by atoms with van der Waals surface area (Å²) in [5.41, 5.74) is 4.38. The molecule has 1 N–H and O–H groups in total. The molecule has 3 rings (SSSR count). The highest BCUT2D eigenvalue weighted by atomic mass is 19.1. The van der Waals surface area contributed by atoms with Gasteiger partial charge in [-0.3, -0.25) is 4.79 Å². The van der Waals surface area contributed by atoms with Crippen LogP contribution in [0.1, 0.15) is 35.5 Å². The number of nitrogens with zero attached hydrogens (tertiary/aromatic N) is 2. The Labute approximate surface area is 169 Å². The minimum Gasteiger partial charge on any atom is -0.345 e. The molecule has 146 valence electrons. The molecule has 1 atom stereocenters. The fraction of sp³-hybridized carbons (Fsp3) is 0.167. The van der Waals surface area contributed by atoms with Crippen LogP contribution in [0.4, 0.5) is 4.39 Å². The van der Waals surface area contributed by atoms with Crippen LogP contribution in [0, 0.1) is 31.0 Å². The lowest BCUT2D eigenvalue weighted by Gasteiger charge is -2.13. The highest BCUT2D eigenvalue weighted by Crippen LogP contribution is 2.23. The van der Waals surface area contributed by atoms with Crippen molar-refractivity contribution in [3.8, 4) is 11.8 Å². The third-order valence-electron chi connectivity index (χ3n) is 4.87. The van der Waals surface area contributed by atoms with E-state index in [0.717, 1.165) is 28.2 Å². The first-order valence-electron chi connectivity index (χ1n) is 9.33. The lowest BCUT2D eigenvalue weighted by atomic mass is 10.1. The van der Waals surface area contributed by atoms with Gasteiger partial charge in [0.1, 0.15) is 17.5 Å². The van der Waals surface area contributed by atoms with E-state index in [1.54, 1.807) is 18.2 Å². The van der Waals surface area contributed by atoms with E-state index in [0.29, 0.717) is 0 Å². The summed E-state index contributed by atoms with van der Waals surface area (Å²) < 4.78 is 15.2. The van der Waals surface area contributed by atoms with Crippen LogP contribution in [-0.4, -0.2) is 10.5 Å². The molecule has 0 saturated heterocycles. The van der Waals surface area contributed by atoms with Crippen LogP contribution in [0.5, 0.6) is 0 Å². The Kier molecular flexibility index (Phi) is 5.94. The number of carbonyl (C=O) groups is 1. The molecule has 0 aliphatic carbocycles. The zero-order valence-electron chi connectivity index (χ0n) is 16.6. The predicted octanol–water partition coefficient (Wildman–Crippen LogP) is 5.02. The molecule has 0 unspecified atom stereocenters. The highest BCUT2D eigenvalue weighted by molar-refractivity contribution is 6.02. The Morgan fingerprint density at radius 3 is 2.41 bits per heavy atom. The average molecular weight is 387 g/mol. The number of carbonyl (C=O) groups excluding carboxylic acids is 1. The summed E-state index contributed by atoms with van der Waals surface area (Å²) in [6.45, 7) is 5.71. The predicted molar refractivity (Wildman–Crippen MR) is 112 cm³/mol. The summed E-state index contributed by atoms with van der Waals surface area (Å²) in [4.78, 5) is 12.6. The van der Waals surface area contributed by atoms with E-state index in [1.807, 2.05) is 67.8 Å². The molecule has 0 spiro atoms. The maximum Gasteiger partial charge on any atom is 0.262 e. The first-order chi connectivity index (χ1) is 13.9. The second-order valence-corrected chi connectivity index (χ2v) is 6.91. The summed E-state index contributed by atoms with van der Waals surface area (Å²) in [5.74, 6) is -0.720. The highest BCUT2D eigenvalue weighted by Gasteiger charge is 2.16. The molecule has 2 aromatic carbocycles. The SMILES string of the molecule is Cc1cc(/C=C(\C#N)C(=O)N[C@@H](C)c2ccccc2)c(C)n1-c1ccc(F)cc1. The number of halogens is 1. The van der Waals surface area contributed by atoms with E-state index in [4.69, 9.17) is 0 Å². The minimum atomic E-state index is -0.421. The van der Waals surface area contributed by atoms with Gasteiger partial charge < -0.3 is 9.88 Å². The normalized spacial score (nSPS) is 12.3. The molecule has 29 heavy (non-hydrogen) atoms. The van der Waals surface area contributed by atoms with Crippen molar-refractivity contribution in [1.82, 2.24) is 9.88 Å². The molecule has 0 aliphatic rings. The first-order valence-corrected chi connectivity index (χ1v) is 9.33. The molecule has 5 heteroatoms. The Morgan fingerprint density at radius 2 is 1.79 bits per heavy atom. The van der Waals surface area contributed by atoms with E-state index in [-0.39, 0.29) is 17.4 Å². The van der Waals surface area contributed by atoms with Crippen molar-refractivity contribution in [1.29, 1.82) is 5.26 Å². The maximum atomic E-state index is 13.2. The number of benzene rings is 2. The molecule has 0 bridgehead atoms. The van der Waals surface area contributed by atoms with Gasteiger partial charge >= 0.3 is 0 Å². The number of amides is 1. The lowest BCUT2D eigenvalue weighted by Crippen LogP contribution is -2.27. The standard InChI is InChI=1S/C24H22FN3O/c1-16-13-20(18(3)28(16)23-11-9-22(25)10-12-23)14-21(15-26)24(29)27-17(2)19-7-5-4-6-8-19/h4-14,17H,1-3H3,(H,27,29)/b21-14+/t17-/m0/s1. The fourth-order valence-corrected chi connectivity index (χ4v) is 3.32. The number of hydrogen-bond donors (Lipinski definition) is 1. The second-order valence-electron chi connectivity index (χ2n) is 6.91. The third-order valence-corrected chi connectivity index (χ3v) is 4.87. The first kappa shape index (κ1) is 20.1. The molecule has 3 aromatic rings. The molecule has 1 amide bonds. The van der Waals surface area contributed by atoms with E-state index in [9.17, 15) is 14.4 Å². The second kappa shape index (κ2) is 8.57. The van der Waals surface area contributed by atoms with Crippen LogP contribution < -0.4 is 5.32 Å². The number of hydrogen-bond acceptors (Lipinski definition) is 2. The summed E-state index contributed by atoms with van der Waals surface area (Å²) in [5, 5.41) is 12.4. The molecular weight excluding hydrogens is 365 g/mol. The largest absolute Gasteiger partial charge is 0.345 e. The molecule has 0 radical (unpaired) electrons. The van der Waals surface area contributed by atoms with Gasteiger partial charge in [-0.15, -0.1) is 0 Å². The van der Waals surface area contributed by atoms with Crippen molar-refractivity contribution < 1.29 is 9.18 Å². The van der Waals surface area contributed by atoms with E-state index < -0.39 is 5.91 Å². The Bertz CT molecular complexity index is 1090. The van der Waals surface area contributed by atoms with Crippen molar-refractivity contribution in [2.24, 2.45) is 0 Å². The van der Waals surface area contributed by atoms with Gasteiger partial charge in [-0.25, -0.2) is 4.39 Å². The molecule has 4 nitrogen and oxygen atoms in total. The monoisotopic (exact) mass is 387 g/mol. The Balaban J connectivity index is 1.88. The number of aryl methyl sites for hydroxylation is 1. The van der Waals surface area contributed by atoms with Gasteiger partial charge in [0.15, 0.2) is 0 Å². The number of nitriles is 1. The molecular formula is C24H22FN3O. The number of nitrogens with one attached hydrogen (secondary N) is 1. The van der Waals surface area contributed by atoms with Gasteiger partial charge in [0.25, 0.3) is 5.91 Å². The topological polar surface area (TPSA) is 57.8 Å². The molecule has 0 saturated carbocycles. The maximum absolute atomic E-state index is 13.2. The van der Waals surface area contributed by atoms with Crippen LogP contribution in [0.3, 0.4) is 0 Å². The Morgan fingerprint density at radius 1 is 1.14 bits per heavy atom. The van der Waals surface area contributed by atoms with Gasteiger partial charge in [-0.05, 0) is 68.3 Å². The molecule has 1 heterocycles. The van der Waals surface area contributed by atoms with Crippen LogP contribution in [0.25, 0.3) is 11.8 Å². The van der Waals surface area contributed by atoms with Gasteiger partial charge in [0.05, 0.1) is 6.04 Å². The Hall–Kier alpha value is -3.65. The van der Waals surface area contributed by atoms with Crippen LogP contribution in [-0.2, 0) is 4.79 Å². The number of rotatable bonds is 5. The van der Waals surface area contributed by atoms with Crippen LogP contribution in [0.2, 0.25) is 0 Å². The fourth-order valence-electron chi connectivity index (χ4n) is 3.32. The van der Waals surface area contributed by atoms with Gasteiger partial charge in [-0.2, -0.15) is 5.26 Å². The van der Waals surface area contributed by atoms with Crippen molar-refractivity contribution in [2.75, 3.05) is 0 Å². The molecule has 1 aromatic heterocycles. The van der Waals surface area contributed by atoms with Crippen LogP contribution in [0.15, 0.2) is 66.2 Å². The van der Waals surface area contributed by atoms with E-state index >= 15 is 0 Å². The van der Waals surface area contributed by atoms with Gasteiger partial charge in [-0.1, -0.05) is 30.3 Å². The smallest absolute Gasteiger partial charge is 0.262 e. The third kappa shape index (κ3) is 4.44. The van der Waals surface area contributed by atoms with Crippen molar-refractivity contribution in [2.45, 2.75) is 26.8 Å². The van der Waals surface area contributed by atoms with Crippen LogP contribution >= 0.6 is 0 Å². The van der Waals surface area contributed by atoms with Crippen molar-refractivity contribution >= 4 is 12.0 Å². The van der Waals surface area contributed by atoms with Crippen molar-refractivity contribution in [3.63, 3.8) is 0 Å². The van der Waals surface area contributed by atoms with E-state index in [1.165, 1.54) is 12.1 Å². The quantitative estimate of drug-likeness (QED) is 0.494. The minimum absolute atomic E-state index is 0.0344. The lowest BCUT2D eigenvalue weighted by molar-refractivity contribution is -0.117. The zero-order chi connectivity index (χ0) is 21.0. The molecule has 0 aliphatic heterocycles. The van der Waals surface area contributed by atoms with Gasteiger partial charge in [0.2, 0.25) is 0 Å². The summed E-state index contributed by atoms with van der Waals surface area (Å²) in [6.07, 6.45) is 1.59. The number of aromatic nitrogens is 1. The summed E-state index contributed by atoms with van der Waals surface area (Å²) in [6, 6.07) is 19.5.